The van der Waals surface area contributed by atoms with Crippen LogP contribution in [0.25, 0.3) is 22.0 Å². The summed E-state index contributed by atoms with van der Waals surface area (Å²) in [5, 5.41) is 1.58. The summed E-state index contributed by atoms with van der Waals surface area (Å²) in [5.74, 6) is -0.152. The highest BCUT2D eigenvalue weighted by molar-refractivity contribution is 6.35. The molecule has 1 saturated heterocycles. The molecule has 3 aromatic rings. The van der Waals surface area contributed by atoms with Crippen molar-refractivity contribution < 1.29 is 4.39 Å². The third kappa shape index (κ3) is 3.58. The second-order valence-corrected chi connectivity index (χ2v) is 7.32. The molecule has 3 nitrogen and oxygen atoms in total. The predicted octanol–water partition coefficient (Wildman–Crippen LogP) is 4.44. The molecule has 0 amide bonds. The van der Waals surface area contributed by atoms with Gasteiger partial charge < -0.3 is 4.90 Å². The number of piperazine rings is 1. The number of aromatic nitrogens is 1. The van der Waals surface area contributed by atoms with Crippen molar-refractivity contribution in [3.8, 4) is 11.1 Å². The molecule has 1 aromatic heterocycles. The lowest BCUT2D eigenvalue weighted by atomic mass is 10.0. The van der Waals surface area contributed by atoms with Crippen LogP contribution in [0.15, 0.2) is 48.7 Å². The van der Waals surface area contributed by atoms with Gasteiger partial charge in [0.1, 0.15) is 5.82 Å². The van der Waals surface area contributed by atoms with E-state index in [0.717, 1.165) is 53.8 Å². The molecule has 0 unspecified atom stereocenters. The van der Waals surface area contributed by atoms with Gasteiger partial charge in [-0.3, -0.25) is 9.88 Å². The van der Waals surface area contributed by atoms with Gasteiger partial charge in [-0.2, -0.15) is 0 Å². The fourth-order valence-corrected chi connectivity index (χ4v) is 3.61. The zero-order valence-electron chi connectivity index (χ0n) is 14.8. The van der Waals surface area contributed by atoms with Crippen molar-refractivity contribution in [1.82, 2.24) is 14.8 Å². The third-order valence-electron chi connectivity index (χ3n) is 5.07. The lowest BCUT2D eigenvalue weighted by molar-refractivity contribution is 0.147. The smallest absolute Gasteiger partial charge is 0.128 e. The fraction of sp³-hybridized carbons (Fsp3) is 0.286. The summed E-state index contributed by atoms with van der Waals surface area (Å²) in [6.45, 7) is 4.69. The lowest BCUT2D eigenvalue weighted by Gasteiger charge is -2.32. The average Bonchev–Trinajstić information content (AvgIpc) is 2.65. The van der Waals surface area contributed by atoms with Crippen LogP contribution >= 0.6 is 11.6 Å². The molecule has 4 rings (SSSR count). The van der Waals surface area contributed by atoms with Crippen LogP contribution in [0.4, 0.5) is 4.39 Å². The first kappa shape index (κ1) is 17.4. The zero-order chi connectivity index (χ0) is 18.1. The summed E-state index contributed by atoms with van der Waals surface area (Å²) >= 11 is 6.20. The lowest BCUT2D eigenvalue weighted by Crippen LogP contribution is -2.44. The van der Waals surface area contributed by atoms with Gasteiger partial charge in [0, 0.05) is 49.9 Å². The molecular weight excluding hydrogens is 349 g/mol. The highest BCUT2D eigenvalue weighted by atomic mass is 35.5. The van der Waals surface area contributed by atoms with E-state index >= 15 is 0 Å². The second-order valence-electron chi connectivity index (χ2n) is 6.91. The SMILES string of the molecule is CN1CCN(Cc2ccc(-c3ccc4c(Cl)ccnc4c3)cc2F)CC1. The van der Waals surface area contributed by atoms with Crippen molar-refractivity contribution in [2.45, 2.75) is 6.54 Å². The summed E-state index contributed by atoms with van der Waals surface area (Å²) in [6.07, 6.45) is 1.69. The standard InChI is InChI=1S/C21H21ClFN3/c1-25-8-10-26(11-9-25)14-17-3-2-15(12-20(17)23)16-4-5-18-19(22)6-7-24-21(18)13-16/h2-7,12-13H,8-11,14H2,1H3. The molecule has 1 aliphatic rings. The molecule has 134 valence electrons. The molecule has 5 heteroatoms. The van der Waals surface area contributed by atoms with Crippen LogP contribution < -0.4 is 0 Å². The van der Waals surface area contributed by atoms with Crippen LogP contribution in [0.2, 0.25) is 5.02 Å². The number of rotatable bonds is 3. The molecule has 2 aromatic carbocycles. The van der Waals surface area contributed by atoms with Crippen LogP contribution in [0, 0.1) is 5.82 Å². The van der Waals surface area contributed by atoms with E-state index in [2.05, 4.69) is 21.8 Å². The Kier molecular flexibility index (Phi) is 4.90. The van der Waals surface area contributed by atoms with Crippen LogP contribution in [0.3, 0.4) is 0 Å². The Morgan fingerprint density at radius 3 is 2.50 bits per heavy atom. The van der Waals surface area contributed by atoms with Crippen LogP contribution in [-0.2, 0) is 6.54 Å². The van der Waals surface area contributed by atoms with Gasteiger partial charge in [-0.05, 0) is 36.4 Å². The summed E-state index contributed by atoms with van der Waals surface area (Å²) in [5.41, 5.74) is 3.36. The van der Waals surface area contributed by atoms with E-state index in [1.54, 1.807) is 18.3 Å². The van der Waals surface area contributed by atoms with E-state index in [1.165, 1.54) is 0 Å². The Morgan fingerprint density at radius 1 is 1.00 bits per heavy atom. The van der Waals surface area contributed by atoms with Crippen molar-refractivity contribution in [3.05, 3.63) is 65.1 Å². The third-order valence-corrected chi connectivity index (χ3v) is 5.40. The Morgan fingerprint density at radius 2 is 1.73 bits per heavy atom. The Bertz CT molecular complexity index is 936. The van der Waals surface area contributed by atoms with Crippen molar-refractivity contribution >= 4 is 22.5 Å². The van der Waals surface area contributed by atoms with Gasteiger partial charge in [-0.1, -0.05) is 35.9 Å². The van der Waals surface area contributed by atoms with Gasteiger partial charge in [-0.15, -0.1) is 0 Å². The van der Waals surface area contributed by atoms with Gasteiger partial charge >= 0.3 is 0 Å². The summed E-state index contributed by atoms with van der Waals surface area (Å²) in [4.78, 5) is 8.97. The minimum absolute atomic E-state index is 0.152. The first-order valence-electron chi connectivity index (χ1n) is 8.84. The molecule has 1 fully saturated rings. The quantitative estimate of drug-likeness (QED) is 0.680. The Balaban J connectivity index is 1.57. The van der Waals surface area contributed by atoms with Crippen molar-refractivity contribution in [1.29, 1.82) is 0 Å². The molecule has 0 N–H and O–H groups in total. The van der Waals surface area contributed by atoms with Gasteiger partial charge in [-0.25, -0.2) is 4.39 Å². The molecule has 26 heavy (non-hydrogen) atoms. The van der Waals surface area contributed by atoms with E-state index in [4.69, 9.17) is 11.6 Å². The van der Waals surface area contributed by atoms with Crippen LogP contribution in [-0.4, -0.2) is 48.0 Å². The fourth-order valence-electron chi connectivity index (χ4n) is 3.39. The number of fused-ring (bicyclic) bond motifs is 1. The summed E-state index contributed by atoms with van der Waals surface area (Å²) < 4.78 is 14.7. The number of hydrogen-bond acceptors (Lipinski definition) is 3. The molecule has 0 aliphatic carbocycles. The number of pyridine rings is 1. The molecule has 0 bridgehead atoms. The van der Waals surface area contributed by atoms with Gasteiger partial charge in [0.15, 0.2) is 0 Å². The topological polar surface area (TPSA) is 19.4 Å². The van der Waals surface area contributed by atoms with Gasteiger partial charge in [0.25, 0.3) is 0 Å². The van der Waals surface area contributed by atoms with E-state index in [9.17, 15) is 4.39 Å². The monoisotopic (exact) mass is 369 g/mol. The zero-order valence-corrected chi connectivity index (χ0v) is 15.5. The Hall–Kier alpha value is -2.01. The molecular formula is C21H21ClFN3. The highest BCUT2D eigenvalue weighted by Gasteiger charge is 2.16. The van der Waals surface area contributed by atoms with Gasteiger partial charge in [0.2, 0.25) is 0 Å². The molecule has 2 heterocycles. The van der Waals surface area contributed by atoms with E-state index < -0.39 is 0 Å². The number of halogens is 2. The van der Waals surface area contributed by atoms with Crippen LogP contribution in [0.5, 0.6) is 0 Å². The van der Waals surface area contributed by atoms with E-state index in [0.29, 0.717) is 11.6 Å². The summed E-state index contributed by atoms with van der Waals surface area (Å²) in [7, 11) is 2.12. The minimum Gasteiger partial charge on any atom is -0.304 e. The van der Waals surface area contributed by atoms with E-state index in [1.807, 2.05) is 30.3 Å². The molecule has 0 atom stereocenters. The molecule has 0 saturated carbocycles. The molecule has 0 radical (unpaired) electrons. The first-order valence-corrected chi connectivity index (χ1v) is 9.22. The maximum atomic E-state index is 14.7. The number of nitrogens with zero attached hydrogens (tertiary/aromatic N) is 3. The first-order chi connectivity index (χ1) is 12.6. The highest BCUT2D eigenvalue weighted by Crippen LogP contribution is 2.28. The normalized spacial score (nSPS) is 16.3. The largest absolute Gasteiger partial charge is 0.304 e. The Labute approximate surface area is 158 Å². The maximum Gasteiger partial charge on any atom is 0.128 e. The number of hydrogen-bond donors (Lipinski definition) is 0. The minimum atomic E-state index is -0.152. The number of benzene rings is 2. The summed E-state index contributed by atoms with van der Waals surface area (Å²) in [6, 6.07) is 13.1. The van der Waals surface area contributed by atoms with Crippen molar-refractivity contribution in [2.24, 2.45) is 0 Å². The maximum absolute atomic E-state index is 14.7. The molecule has 0 spiro atoms. The van der Waals surface area contributed by atoms with Crippen molar-refractivity contribution in [3.63, 3.8) is 0 Å². The molecule has 1 aliphatic heterocycles. The predicted molar refractivity (Wildman–Crippen MR) is 105 cm³/mol. The van der Waals surface area contributed by atoms with E-state index in [-0.39, 0.29) is 5.82 Å². The van der Waals surface area contributed by atoms with Gasteiger partial charge in [0.05, 0.1) is 10.5 Å². The number of likely N-dealkylation sites (N-methyl/N-ethyl adjacent to an activating group) is 1. The second kappa shape index (κ2) is 7.31. The van der Waals surface area contributed by atoms with Crippen LogP contribution in [0.1, 0.15) is 5.56 Å². The van der Waals surface area contributed by atoms with Crippen molar-refractivity contribution in [2.75, 3.05) is 33.2 Å². The average molecular weight is 370 g/mol.